The molecule has 4 rings (SSSR count). The molecule has 0 fully saturated rings. The average molecular weight is 381 g/mol. The first-order valence-electron chi connectivity index (χ1n) is 9.22. The number of carbonyl (C=O) groups is 1. The van der Waals surface area contributed by atoms with Gasteiger partial charge in [0.1, 0.15) is 0 Å². The molecule has 4 aromatic rings. The van der Waals surface area contributed by atoms with Crippen LogP contribution in [0.1, 0.15) is 12.5 Å². The van der Waals surface area contributed by atoms with Crippen LogP contribution in [0.2, 0.25) is 0 Å². The fourth-order valence-corrected chi connectivity index (χ4v) is 3.08. The predicted octanol–water partition coefficient (Wildman–Crippen LogP) is 5.87. The minimum atomic E-state index is -0.630. The van der Waals surface area contributed by atoms with Gasteiger partial charge in [-0.05, 0) is 47.2 Å². The summed E-state index contributed by atoms with van der Waals surface area (Å²) in [6.07, 6.45) is 2.89. The predicted molar refractivity (Wildman–Crippen MR) is 116 cm³/mol. The summed E-state index contributed by atoms with van der Waals surface area (Å²) in [7, 11) is 0. The van der Waals surface area contributed by atoms with Gasteiger partial charge in [0.05, 0.1) is 11.4 Å². The van der Waals surface area contributed by atoms with Crippen molar-refractivity contribution in [1.29, 1.82) is 0 Å². The molecule has 1 aromatic heterocycles. The molecule has 0 saturated carbocycles. The van der Waals surface area contributed by atoms with E-state index in [1.165, 1.54) is 0 Å². The van der Waals surface area contributed by atoms with E-state index in [4.69, 9.17) is 4.84 Å². The van der Waals surface area contributed by atoms with Crippen LogP contribution >= 0.6 is 0 Å². The summed E-state index contributed by atoms with van der Waals surface area (Å²) in [5, 5.41) is 8.70. The number of pyridine rings is 1. The normalized spacial score (nSPS) is 11.3. The molecule has 0 bridgehead atoms. The van der Waals surface area contributed by atoms with E-state index < -0.39 is 6.09 Å². The molecule has 0 saturated heterocycles. The van der Waals surface area contributed by atoms with Crippen molar-refractivity contribution >= 4 is 28.3 Å². The first-order valence-corrected chi connectivity index (χ1v) is 9.22. The van der Waals surface area contributed by atoms with E-state index in [0.29, 0.717) is 11.4 Å². The highest BCUT2D eigenvalue weighted by atomic mass is 16.7. The van der Waals surface area contributed by atoms with Gasteiger partial charge in [0.2, 0.25) is 0 Å². The number of amides is 1. The molecule has 1 heterocycles. The van der Waals surface area contributed by atoms with Crippen LogP contribution in [0.25, 0.3) is 21.9 Å². The lowest BCUT2D eigenvalue weighted by Gasteiger charge is -2.07. The number of nitrogens with zero attached hydrogens (tertiary/aromatic N) is 2. The average Bonchev–Trinajstić information content (AvgIpc) is 2.78. The minimum Gasteiger partial charge on any atom is -0.298 e. The summed E-state index contributed by atoms with van der Waals surface area (Å²) in [4.78, 5) is 21.3. The van der Waals surface area contributed by atoms with Gasteiger partial charge < -0.3 is 0 Å². The summed E-state index contributed by atoms with van der Waals surface area (Å²) in [5.74, 6) is 0. The Labute approximate surface area is 168 Å². The van der Waals surface area contributed by atoms with Gasteiger partial charge in [0.25, 0.3) is 0 Å². The molecule has 5 heteroatoms. The van der Waals surface area contributed by atoms with E-state index in [0.717, 1.165) is 27.5 Å². The lowest BCUT2D eigenvalue weighted by Crippen LogP contribution is -2.12. The van der Waals surface area contributed by atoms with Gasteiger partial charge in [-0.2, -0.15) is 0 Å². The lowest BCUT2D eigenvalue weighted by atomic mass is 10.0. The van der Waals surface area contributed by atoms with Gasteiger partial charge >= 0.3 is 6.09 Å². The standard InChI is InChI=1S/C24H19N3O2/c1-17(18-9-11-19(12-10-18)20-13-15-25-16-14-20)27-29-24(28)26-23-8-4-6-21-5-2-3-7-22(21)23/h2-16H,1H3,(H,26,28). The number of rotatable bonds is 4. The molecular weight excluding hydrogens is 362 g/mol. The molecule has 1 amide bonds. The van der Waals surface area contributed by atoms with E-state index in [-0.39, 0.29) is 0 Å². The van der Waals surface area contributed by atoms with E-state index in [2.05, 4.69) is 15.5 Å². The molecular formula is C24H19N3O2. The van der Waals surface area contributed by atoms with Crippen molar-refractivity contribution in [2.75, 3.05) is 5.32 Å². The Morgan fingerprint density at radius 1 is 0.862 bits per heavy atom. The van der Waals surface area contributed by atoms with Crippen LogP contribution in [0, 0.1) is 0 Å². The Bertz CT molecular complexity index is 1160. The number of hydrogen-bond donors (Lipinski definition) is 1. The van der Waals surface area contributed by atoms with Gasteiger partial charge in [-0.25, -0.2) is 4.79 Å². The Morgan fingerprint density at radius 3 is 2.34 bits per heavy atom. The number of anilines is 1. The molecule has 5 nitrogen and oxygen atoms in total. The largest absolute Gasteiger partial charge is 0.437 e. The van der Waals surface area contributed by atoms with Crippen molar-refractivity contribution in [3.8, 4) is 11.1 Å². The highest BCUT2D eigenvalue weighted by molar-refractivity contribution is 6.01. The molecule has 29 heavy (non-hydrogen) atoms. The van der Waals surface area contributed by atoms with Gasteiger partial charge in [0, 0.05) is 17.8 Å². The smallest absolute Gasteiger partial charge is 0.298 e. The van der Waals surface area contributed by atoms with Crippen molar-refractivity contribution < 1.29 is 9.63 Å². The summed E-state index contributed by atoms with van der Waals surface area (Å²) in [6, 6.07) is 25.3. The molecule has 1 N–H and O–H groups in total. The number of oxime groups is 1. The van der Waals surface area contributed by atoms with Crippen molar-refractivity contribution in [3.63, 3.8) is 0 Å². The van der Waals surface area contributed by atoms with Crippen LogP contribution in [0.5, 0.6) is 0 Å². The number of benzene rings is 3. The van der Waals surface area contributed by atoms with E-state index in [9.17, 15) is 4.79 Å². The second kappa shape index (κ2) is 8.35. The Kier molecular flexibility index (Phi) is 5.29. The van der Waals surface area contributed by atoms with E-state index >= 15 is 0 Å². The highest BCUT2D eigenvalue weighted by Gasteiger charge is 2.07. The lowest BCUT2D eigenvalue weighted by molar-refractivity contribution is 0.166. The fraction of sp³-hybridized carbons (Fsp3) is 0.0417. The van der Waals surface area contributed by atoms with Gasteiger partial charge in [-0.1, -0.05) is 65.8 Å². The maximum absolute atomic E-state index is 12.2. The Balaban J connectivity index is 1.43. The number of nitrogens with one attached hydrogen (secondary N) is 1. The zero-order chi connectivity index (χ0) is 20.1. The summed E-state index contributed by atoms with van der Waals surface area (Å²) >= 11 is 0. The van der Waals surface area contributed by atoms with Crippen molar-refractivity contribution in [2.24, 2.45) is 5.16 Å². The van der Waals surface area contributed by atoms with E-state index in [1.807, 2.05) is 78.9 Å². The number of fused-ring (bicyclic) bond motifs is 1. The third kappa shape index (κ3) is 4.30. The molecule has 0 spiro atoms. The molecule has 0 radical (unpaired) electrons. The minimum absolute atomic E-state index is 0.611. The molecule has 3 aromatic carbocycles. The second-order valence-electron chi connectivity index (χ2n) is 6.52. The molecule has 0 unspecified atom stereocenters. The van der Waals surface area contributed by atoms with Crippen LogP contribution in [0.4, 0.5) is 10.5 Å². The number of aromatic nitrogens is 1. The molecule has 0 aliphatic carbocycles. The first-order chi connectivity index (χ1) is 14.2. The summed E-state index contributed by atoms with van der Waals surface area (Å²) < 4.78 is 0. The fourth-order valence-electron chi connectivity index (χ4n) is 3.08. The molecule has 0 aliphatic heterocycles. The van der Waals surface area contributed by atoms with Crippen molar-refractivity contribution in [3.05, 3.63) is 96.8 Å². The van der Waals surface area contributed by atoms with Gasteiger partial charge in [-0.3, -0.25) is 15.1 Å². The van der Waals surface area contributed by atoms with Crippen LogP contribution in [-0.2, 0) is 4.84 Å². The molecule has 0 aliphatic rings. The molecule has 0 atom stereocenters. The zero-order valence-electron chi connectivity index (χ0n) is 15.9. The highest BCUT2D eigenvalue weighted by Crippen LogP contribution is 2.23. The Hall–Kier alpha value is -3.99. The van der Waals surface area contributed by atoms with Crippen LogP contribution < -0.4 is 5.32 Å². The maximum atomic E-state index is 12.2. The SMILES string of the molecule is CC(=NOC(=O)Nc1cccc2ccccc12)c1ccc(-c2ccncc2)cc1. The molecule has 142 valence electrons. The van der Waals surface area contributed by atoms with Crippen molar-refractivity contribution in [1.82, 2.24) is 4.98 Å². The topological polar surface area (TPSA) is 63.6 Å². The van der Waals surface area contributed by atoms with Gasteiger partial charge in [-0.15, -0.1) is 0 Å². The second-order valence-corrected chi connectivity index (χ2v) is 6.52. The van der Waals surface area contributed by atoms with Gasteiger partial charge in [0.15, 0.2) is 0 Å². The van der Waals surface area contributed by atoms with Crippen LogP contribution in [0.15, 0.2) is 96.4 Å². The number of hydrogen-bond acceptors (Lipinski definition) is 4. The summed E-state index contributed by atoms with van der Waals surface area (Å²) in [6.45, 7) is 1.80. The monoisotopic (exact) mass is 381 g/mol. The third-order valence-electron chi connectivity index (χ3n) is 4.61. The maximum Gasteiger partial charge on any atom is 0.437 e. The Morgan fingerprint density at radius 2 is 1.55 bits per heavy atom. The zero-order valence-corrected chi connectivity index (χ0v) is 15.9. The third-order valence-corrected chi connectivity index (χ3v) is 4.61. The number of carbonyl (C=O) groups excluding carboxylic acids is 1. The van der Waals surface area contributed by atoms with Crippen LogP contribution in [0.3, 0.4) is 0 Å². The quantitative estimate of drug-likeness (QED) is 0.273. The van der Waals surface area contributed by atoms with Crippen LogP contribution in [-0.4, -0.2) is 16.8 Å². The van der Waals surface area contributed by atoms with E-state index in [1.54, 1.807) is 19.3 Å². The van der Waals surface area contributed by atoms with Crippen molar-refractivity contribution in [2.45, 2.75) is 6.92 Å². The first kappa shape index (κ1) is 18.4. The summed E-state index contributed by atoms with van der Waals surface area (Å²) in [5.41, 5.74) is 4.34.